The zero-order valence-electron chi connectivity index (χ0n) is 16.8. The molecule has 2 fully saturated rings. The van der Waals surface area contributed by atoms with E-state index >= 15 is 0 Å². The summed E-state index contributed by atoms with van der Waals surface area (Å²) in [5, 5.41) is 0. The zero-order chi connectivity index (χ0) is 20.2. The van der Waals surface area contributed by atoms with E-state index in [0.717, 1.165) is 57.6 Å². The van der Waals surface area contributed by atoms with Gasteiger partial charge in [0, 0.05) is 44.2 Å². The summed E-state index contributed by atoms with van der Waals surface area (Å²) in [4.78, 5) is 24.9. The van der Waals surface area contributed by atoms with Crippen molar-refractivity contribution in [2.75, 3.05) is 26.2 Å². The predicted molar refractivity (Wildman–Crippen MR) is 107 cm³/mol. The van der Waals surface area contributed by atoms with E-state index in [0.29, 0.717) is 23.6 Å². The van der Waals surface area contributed by atoms with Crippen molar-refractivity contribution in [3.05, 3.63) is 48.2 Å². The first-order valence-corrected chi connectivity index (χ1v) is 10.3. The number of likely N-dealkylation sites (tertiary alicyclic amines) is 2. The normalized spacial score (nSPS) is 19.3. The Morgan fingerprint density at radius 2 is 1.86 bits per heavy atom. The molecule has 0 unspecified atom stereocenters. The van der Waals surface area contributed by atoms with Gasteiger partial charge in [0.2, 0.25) is 11.8 Å². The molecule has 1 aromatic heterocycles. The summed E-state index contributed by atoms with van der Waals surface area (Å²) in [6, 6.07) is 6.60. The molecule has 0 radical (unpaired) electrons. The minimum absolute atomic E-state index is 0.182. The van der Waals surface area contributed by atoms with Crippen molar-refractivity contribution in [2.24, 2.45) is 0 Å². The number of benzene rings is 1. The highest BCUT2D eigenvalue weighted by atomic mass is 19.1. The largest absolute Gasteiger partial charge is 0.437 e. The smallest absolute Gasteiger partial charge is 0.238 e. The lowest BCUT2D eigenvalue weighted by atomic mass is 9.91. The van der Waals surface area contributed by atoms with E-state index in [1.807, 2.05) is 11.1 Å². The Kier molecular flexibility index (Phi) is 6.04. The molecule has 7 heteroatoms. The molecule has 3 heterocycles. The molecule has 0 aliphatic carbocycles. The lowest BCUT2D eigenvalue weighted by Crippen LogP contribution is -2.48. The van der Waals surface area contributed by atoms with Crippen LogP contribution in [0, 0.1) is 5.82 Å². The third-order valence-corrected chi connectivity index (χ3v) is 6.02. The number of hydrogen-bond acceptors (Lipinski definition) is 5. The molecule has 4 rings (SSSR count). The molecule has 0 bridgehead atoms. The van der Waals surface area contributed by atoms with Gasteiger partial charge < -0.3 is 14.5 Å². The van der Waals surface area contributed by atoms with Crippen LogP contribution in [0.4, 0.5) is 4.39 Å². The number of ether oxygens (including phenoxy) is 1. The maximum Gasteiger partial charge on any atom is 0.238 e. The van der Waals surface area contributed by atoms with Crippen molar-refractivity contribution in [3.8, 4) is 11.6 Å². The van der Waals surface area contributed by atoms with Gasteiger partial charge in [0.05, 0.1) is 11.9 Å². The Balaban J connectivity index is 1.32. The van der Waals surface area contributed by atoms with Crippen molar-refractivity contribution in [3.63, 3.8) is 0 Å². The van der Waals surface area contributed by atoms with Crippen molar-refractivity contribution >= 4 is 5.91 Å². The number of nitrogens with zero attached hydrogens (tertiary/aromatic N) is 4. The zero-order valence-corrected chi connectivity index (χ0v) is 16.8. The quantitative estimate of drug-likeness (QED) is 0.788. The molecule has 6 nitrogen and oxygen atoms in total. The molecular weight excluding hydrogens is 371 g/mol. The van der Waals surface area contributed by atoms with Gasteiger partial charge in [-0.2, -0.15) is 0 Å². The van der Waals surface area contributed by atoms with E-state index in [1.165, 1.54) is 12.1 Å². The van der Waals surface area contributed by atoms with Gasteiger partial charge in [0.25, 0.3) is 0 Å². The number of halogens is 1. The Morgan fingerprint density at radius 1 is 1.10 bits per heavy atom. The lowest BCUT2D eigenvalue weighted by Gasteiger charge is -2.41. The van der Waals surface area contributed by atoms with E-state index in [2.05, 4.69) is 14.9 Å². The summed E-state index contributed by atoms with van der Waals surface area (Å²) in [5.41, 5.74) is 0.935. The van der Waals surface area contributed by atoms with Crippen LogP contribution >= 0.6 is 0 Å². The van der Waals surface area contributed by atoms with Gasteiger partial charge in [-0.1, -0.05) is 6.07 Å². The summed E-state index contributed by atoms with van der Waals surface area (Å²) in [5.74, 6) is 1.01. The monoisotopic (exact) mass is 398 g/mol. The second-order valence-electron chi connectivity index (χ2n) is 7.89. The van der Waals surface area contributed by atoms with Crippen molar-refractivity contribution < 1.29 is 13.9 Å². The first kappa shape index (κ1) is 19.8. The van der Waals surface area contributed by atoms with E-state index in [9.17, 15) is 9.18 Å². The second kappa shape index (κ2) is 8.86. The third-order valence-electron chi connectivity index (χ3n) is 6.02. The predicted octanol–water partition coefficient (Wildman–Crippen LogP) is 3.60. The lowest BCUT2D eigenvalue weighted by molar-refractivity contribution is -0.130. The first-order valence-electron chi connectivity index (χ1n) is 10.3. The van der Waals surface area contributed by atoms with Crippen LogP contribution < -0.4 is 4.74 Å². The summed E-state index contributed by atoms with van der Waals surface area (Å²) in [7, 11) is 0. The van der Waals surface area contributed by atoms with Gasteiger partial charge in [-0.3, -0.25) is 9.78 Å². The third kappa shape index (κ3) is 4.90. The van der Waals surface area contributed by atoms with Gasteiger partial charge in [0.1, 0.15) is 11.6 Å². The number of hydrogen-bond donors (Lipinski definition) is 0. The Hall–Kier alpha value is -2.54. The number of rotatable bonds is 4. The maximum absolute atomic E-state index is 13.4. The minimum atomic E-state index is -0.340. The van der Waals surface area contributed by atoms with Crippen molar-refractivity contribution in [1.82, 2.24) is 19.8 Å². The molecule has 1 aromatic carbocycles. The van der Waals surface area contributed by atoms with Crippen LogP contribution in [0.25, 0.3) is 0 Å². The van der Waals surface area contributed by atoms with Crippen molar-refractivity contribution in [2.45, 2.75) is 44.6 Å². The van der Waals surface area contributed by atoms with E-state index < -0.39 is 0 Å². The SMILES string of the molecule is CC(=O)N1CCC(N2CCC(c3cncc(Oc4cccc(F)c4)n3)CC2)CC1. The van der Waals surface area contributed by atoms with Gasteiger partial charge in [-0.05, 0) is 50.9 Å². The standard InChI is InChI=1S/C22H27FN4O2/c1-16(28)26-11-7-19(8-12-26)27-9-5-17(6-10-27)21-14-24-15-22(25-21)29-20-4-2-3-18(23)13-20/h2-4,13-15,17,19H,5-12H2,1H3. The van der Waals surface area contributed by atoms with Crippen LogP contribution in [0.1, 0.15) is 44.2 Å². The molecule has 1 amide bonds. The van der Waals surface area contributed by atoms with Crippen LogP contribution in [0.2, 0.25) is 0 Å². The van der Waals surface area contributed by atoms with Crippen LogP contribution in [-0.2, 0) is 4.79 Å². The summed E-state index contributed by atoms with van der Waals surface area (Å²) < 4.78 is 19.0. The average molecular weight is 398 g/mol. The van der Waals surface area contributed by atoms with Gasteiger partial charge in [-0.15, -0.1) is 0 Å². The molecule has 0 spiro atoms. The van der Waals surface area contributed by atoms with Crippen LogP contribution in [-0.4, -0.2) is 57.9 Å². The van der Waals surface area contributed by atoms with Crippen LogP contribution in [0.5, 0.6) is 11.6 Å². The number of aromatic nitrogens is 2. The minimum Gasteiger partial charge on any atom is -0.437 e. The summed E-state index contributed by atoms with van der Waals surface area (Å²) >= 11 is 0. The van der Waals surface area contributed by atoms with Crippen LogP contribution in [0.3, 0.4) is 0 Å². The molecule has 2 aliphatic heterocycles. The number of carbonyl (C=O) groups is 1. The topological polar surface area (TPSA) is 58.6 Å². The second-order valence-corrected chi connectivity index (χ2v) is 7.89. The fourth-order valence-corrected chi connectivity index (χ4v) is 4.37. The Morgan fingerprint density at radius 3 is 2.55 bits per heavy atom. The highest BCUT2D eigenvalue weighted by Gasteiger charge is 2.29. The van der Waals surface area contributed by atoms with Gasteiger partial charge >= 0.3 is 0 Å². The molecule has 2 saturated heterocycles. The highest BCUT2D eigenvalue weighted by Crippen LogP contribution is 2.30. The molecule has 0 atom stereocenters. The summed E-state index contributed by atoms with van der Waals surface area (Å²) in [6.45, 7) is 5.45. The Bertz CT molecular complexity index is 846. The molecule has 2 aliphatic rings. The number of amides is 1. The average Bonchev–Trinajstić information content (AvgIpc) is 2.74. The molecule has 2 aromatic rings. The maximum atomic E-state index is 13.4. The van der Waals surface area contributed by atoms with E-state index in [1.54, 1.807) is 25.3 Å². The fraction of sp³-hybridized carbons (Fsp3) is 0.500. The highest BCUT2D eigenvalue weighted by molar-refractivity contribution is 5.73. The molecule has 154 valence electrons. The molecular formula is C22H27FN4O2. The molecule has 29 heavy (non-hydrogen) atoms. The fourth-order valence-electron chi connectivity index (χ4n) is 4.37. The molecule has 0 saturated carbocycles. The first-order chi connectivity index (χ1) is 14.1. The number of carbonyl (C=O) groups excluding carboxylic acids is 1. The van der Waals surface area contributed by atoms with Crippen molar-refractivity contribution in [1.29, 1.82) is 0 Å². The van der Waals surface area contributed by atoms with Gasteiger partial charge in [-0.25, -0.2) is 9.37 Å². The van der Waals surface area contributed by atoms with E-state index in [4.69, 9.17) is 4.74 Å². The van der Waals surface area contributed by atoms with Gasteiger partial charge in [0.15, 0.2) is 0 Å². The summed E-state index contributed by atoms with van der Waals surface area (Å²) in [6.07, 6.45) is 7.55. The Labute approximate surface area is 170 Å². The van der Waals surface area contributed by atoms with Crippen LogP contribution in [0.15, 0.2) is 36.7 Å². The molecule has 0 N–H and O–H groups in total. The van der Waals surface area contributed by atoms with E-state index in [-0.39, 0.29) is 11.7 Å². The number of piperidine rings is 2.